The van der Waals surface area contributed by atoms with Crippen LogP contribution in [0.3, 0.4) is 0 Å². The first-order valence-corrected chi connectivity index (χ1v) is 9.11. The molecule has 4 atom stereocenters. The third-order valence-electron chi connectivity index (χ3n) is 6.69. The number of hydrogen-bond donors (Lipinski definition) is 3. The first-order valence-electron chi connectivity index (χ1n) is 9.11. The average Bonchev–Trinajstić information content (AvgIpc) is 2.73. The van der Waals surface area contributed by atoms with Crippen LogP contribution in [0.2, 0.25) is 0 Å². The number of benzene rings is 1. The molecule has 0 amide bonds. The second kappa shape index (κ2) is 4.89. The molecule has 1 saturated heterocycles. The summed E-state index contributed by atoms with van der Waals surface area (Å²) in [5.74, 6) is 0.122. The van der Waals surface area contributed by atoms with Crippen molar-refractivity contribution in [3.63, 3.8) is 0 Å². The van der Waals surface area contributed by atoms with Gasteiger partial charge in [0.1, 0.15) is 6.10 Å². The molecular weight excluding hydrogens is 304 g/mol. The van der Waals surface area contributed by atoms with Crippen LogP contribution in [0.5, 0.6) is 11.5 Å². The summed E-state index contributed by atoms with van der Waals surface area (Å²) in [4.78, 5) is 0. The lowest BCUT2D eigenvalue weighted by Gasteiger charge is -2.49. The maximum atomic E-state index is 11.1. The fourth-order valence-corrected chi connectivity index (χ4v) is 5.68. The third-order valence-corrected chi connectivity index (χ3v) is 6.69. The molecule has 2 heterocycles. The van der Waals surface area contributed by atoms with Crippen LogP contribution in [0.1, 0.15) is 75.7 Å². The molecule has 4 nitrogen and oxygen atoms in total. The van der Waals surface area contributed by atoms with Gasteiger partial charge in [-0.3, -0.25) is 0 Å². The summed E-state index contributed by atoms with van der Waals surface area (Å²) in [6.07, 6.45) is 2.65. The van der Waals surface area contributed by atoms with Gasteiger partial charge in [0.05, 0.1) is 11.7 Å². The van der Waals surface area contributed by atoms with Gasteiger partial charge >= 0.3 is 0 Å². The molecule has 1 spiro atoms. The van der Waals surface area contributed by atoms with Gasteiger partial charge < -0.3 is 20.1 Å². The molecule has 4 rings (SSSR count). The molecule has 4 heteroatoms. The normalized spacial score (nSPS) is 36.5. The summed E-state index contributed by atoms with van der Waals surface area (Å²) in [5.41, 5.74) is 1.94. The van der Waals surface area contributed by atoms with E-state index in [1.807, 2.05) is 19.9 Å². The van der Waals surface area contributed by atoms with Gasteiger partial charge in [0.2, 0.25) is 0 Å². The maximum absolute atomic E-state index is 11.1. The van der Waals surface area contributed by atoms with Crippen molar-refractivity contribution in [3.05, 3.63) is 22.8 Å². The van der Waals surface area contributed by atoms with Crippen molar-refractivity contribution >= 4 is 0 Å². The van der Waals surface area contributed by atoms with Crippen molar-refractivity contribution in [1.29, 1.82) is 0 Å². The molecule has 0 aromatic heterocycles. The molecule has 1 saturated carbocycles. The molecule has 1 aromatic rings. The van der Waals surface area contributed by atoms with Crippen LogP contribution < -0.4 is 0 Å². The zero-order chi connectivity index (χ0) is 17.4. The highest BCUT2D eigenvalue weighted by atomic mass is 16.5. The first kappa shape index (κ1) is 16.2. The Bertz CT molecular complexity index is 693. The Morgan fingerprint density at radius 2 is 1.88 bits per heavy atom. The van der Waals surface area contributed by atoms with Gasteiger partial charge in [0.25, 0.3) is 0 Å². The smallest absolute Gasteiger partial charge is 0.161 e. The van der Waals surface area contributed by atoms with Gasteiger partial charge in [-0.2, -0.15) is 0 Å². The quantitative estimate of drug-likeness (QED) is 0.685. The van der Waals surface area contributed by atoms with Crippen LogP contribution in [0.15, 0.2) is 6.07 Å². The average molecular weight is 332 g/mol. The molecule has 1 aliphatic carbocycles. The van der Waals surface area contributed by atoms with Crippen molar-refractivity contribution in [2.45, 2.75) is 77.1 Å². The van der Waals surface area contributed by atoms with E-state index in [0.717, 1.165) is 30.4 Å². The minimum absolute atomic E-state index is 0.00695. The number of phenolic OH excluding ortho intramolecular Hbond substituents is 2. The predicted octanol–water partition coefficient (Wildman–Crippen LogP) is 3.77. The summed E-state index contributed by atoms with van der Waals surface area (Å²) in [7, 11) is 0. The molecule has 3 N–H and O–H groups in total. The van der Waals surface area contributed by atoms with E-state index in [2.05, 4.69) is 13.8 Å². The summed E-state index contributed by atoms with van der Waals surface area (Å²) >= 11 is 0. The lowest BCUT2D eigenvalue weighted by atomic mass is 9.59. The lowest BCUT2D eigenvalue weighted by molar-refractivity contribution is -0.114. The molecule has 0 radical (unpaired) electrons. The van der Waals surface area contributed by atoms with Crippen LogP contribution in [0.25, 0.3) is 0 Å². The molecule has 3 aliphatic rings. The fourth-order valence-electron chi connectivity index (χ4n) is 5.68. The zero-order valence-electron chi connectivity index (χ0n) is 15.0. The molecule has 2 bridgehead atoms. The highest BCUT2D eigenvalue weighted by Crippen LogP contribution is 2.63. The van der Waals surface area contributed by atoms with Gasteiger partial charge in [-0.15, -0.1) is 0 Å². The maximum Gasteiger partial charge on any atom is 0.161 e. The van der Waals surface area contributed by atoms with Crippen molar-refractivity contribution < 1.29 is 20.1 Å². The van der Waals surface area contributed by atoms with Crippen LogP contribution in [0.4, 0.5) is 0 Å². The number of ether oxygens (including phenoxy) is 1. The number of fused-ring (bicyclic) bond motifs is 3. The largest absolute Gasteiger partial charge is 0.504 e. The Balaban J connectivity index is 1.90. The Labute approximate surface area is 143 Å². The minimum atomic E-state index is -0.564. The second-order valence-electron chi connectivity index (χ2n) is 8.98. The third kappa shape index (κ3) is 1.93. The molecule has 2 aliphatic heterocycles. The fraction of sp³-hybridized carbons (Fsp3) is 0.700. The number of hydrogen-bond acceptors (Lipinski definition) is 4. The van der Waals surface area contributed by atoms with E-state index >= 15 is 0 Å². The summed E-state index contributed by atoms with van der Waals surface area (Å²) in [5, 5.41) is 32.2. The van der Waals surface area contributed by atoms with Crippen molar-refractivity contribution in [1.82, 2.24) is 0 Å². The first-order chi connectivity index (χ1) is 11.2. The predicted molar refractivity (Wildman–Crippen MR) is 91.3 cm³/mol. The van der Waals surface area contributed by atoms with Gasteiger partial charge in [-0.1, -0.05) is 34.1 Å². The van der Waals surface area contributed by atoms with E-state index < -0.39 is 17.8 Å². The molecule has 2 fully saturated rings. The number of phenols is 2. The van der Waals surface area contributed by atoms with Gasteiger partial charge in [0, 0.05) is 23.5 Å². The minimum Gasteiger partial charge on any atom is -0.504 e. The Hall–Kier alpha value is -1.26. The molecule has 1 aromatic carbocycles. The monoisotopic (exact) mass is 332 g/mol. The van der Waals surface area contributed by atoms with Crippen LogP contribution in [0, 0.1) is 11.3 Å². The van der Waals surface area contributed by atoms with Crippen LogP contribution in [-0.4, -0.2) is 27.0 Å². The summed E-state index contributed by atoms with van der Waals surface area (Å²) < 4.78 is 6.45. The van der Waals surface area contributed by atoms with Crippen LogP contribution in [-0.2, 0) is 11.2 Å². The second-order valence-corrected chi connectivity index (χ2v) is 8.98. The van der Waals surface area contributed by atoms with Crippen molar-refractivity contribution in [3.8, 4) is 11.5 Å². The van der Waals surface area contributed by atoms with E-state index in [9.17, 15) is 15.3 Å². The number of aliphatic hydroxyl groups is 1. The number of aliphatic hydroxyl groups excluding tert-OH is 1. The number of rotatable bonds is 1. The molecular formula is C20H28O4. The lowest BCUT2D eigenvalue weighted by Crippen LogP contribution is -2.51. The SMILES string of the molecule is CC(C)c1cc2c(c(O)c1O)C[C@@]13CCCC(C)(C)[C@@H]1[C@@H](O)[C@H]2O3. The van der Waals surface area contributed by atoms with Gasteiger partial charge in [-0.25, -0.2) is 0 Å². The zero-order valence-corrected chi connectivity index (χ0v) is 15.0. The Kier molecular flexibility index (Phi) is 3.30. The molecule has 132 valence electrons. The summed E-state index contributed by atoms with van der Waals surface area (Å²) in [6, 6.07) is 1.93. The van der Waals surface area contributed by atoms with E-state index in [1.54, 1.807) is 0 Å². The highest BCUT2D eigenvalue weighted by Gasteiger charge is 2.64. The topological polar surface area (TPSA) is 69.9 Å². The van der Waals surface area contributed by atoms with Crippen LogP contribution >= 0.6 is 0 Å². The van der Waals surface area contributed by atoms with Crippen molar-refractivity contribution in [2.24, 2.45) is 11.3 Å². The highest BCUT2D eigenvalue weighted by molar-refractivity contribution is 5.58. The molecule has 24 heavy (non-hydrogen) atoms. The summed E-state index contributed by atoms with van der Waals surface area (Å²) in [6.45, 7) is 8.40. The Morgan fingerprint density at radius 3 is 2.54 bits per heavy atom. The van der Waals surface area contributed by atoms with E-state index in [-0.39, 0.29) is 28.7 Å². The van der Waals surface area contributed by atoms with E-state index in [4.69, 9.17) is 4.74 Å². The van der Waals surface area contributed by atoms with E-state index in [0.29, 0.717) is 12.0 Å². The van der Waals surface area contributed by atoms with Gasteiger partial charge in [0.15, 0.2) is 11.5 Å². The molecule has 0 unspecified atom stereocenters. The Morgan fingerprint density at radius 1 is 1.17 bits per heavy atom. The number of aromatic hydroxyl groups is 2. The van der Waals surface area contributed by atoms with Gasteiger partial charge in [-0.05, 0) is 35.8 Å². The standard InChI is InChI=1S/C20H28O4/c1-10(2)11-8-12-13(15(22)14(11)21)9-20-7-5-6-19(3,4)18(20)16(23)17(12)24-20/h8,10,16-18,21-23H,5-7,9H2,1-4H3/t16-,17-,18-,20-/m0/s1. The van der Waals surface area contributed by atoms with E-state index in [1.165, 1.54) is 0 Å². The van der Waals surface area contributed by atoms with Crippen molar-refractivity contribution in [2.75, 3.05) is 0 Å².